The molecule has 3 aromatic heterocycles. The van der Waals surface area contributed by atoms with Crippen molar-refractivity contribution in [1.82, 2.24) is 29.0 Å². The van der Waals surface area contributed by atoms with E-state index in [9.17, 15) is 9.59 Å². The van der Waals surface area contributed by atoms with Gasteiger partial charge in [0.05, 0.1) is 30.0 Å². The van der Waals surface area contributed by atoms with E-state index in [1.165, 1.54) is 17.0 Å². The van der Waals surface area contributed by atoms with Crippen molar-refractivity contribution in [3.05, 3.63) is 85.5 Å². The van der Waals surface area contributed by atoms with Gasteiger partial charge in [0.2, 0.25) is 0 Å². The average Bonchev–Trinajstić information content (AvgIpc) is 3.61. The molecule has 38 heavy (non-hydrogen) atoms. The first-order valence-corrected chi connectivity index (χ1v) is 13.0. The third kappa shape index (κ3) is 5.16. The second kappa shape index (κ2) is 10.6. The zero-order valence-electron chi connectivity index (χ0n) is 21.3. The molecule has 2 atom stereocenters. The highest BCUT2D eigenvalue weighted by atomic mass is 35.5. The lowest BCUT2D eigenvalue weighted by Gasteiger charge is -2.30. The Balaban J connectivity index is 0.00000294. The lowest BCUT2D eigenvalue weighted by atomic mass is 9.93. The van der Waals surface area contributed by atoms with Crippen LogP contribution < -0.4 is 16.6 Å². The van der Waals surface area contributed by atoms with Crippen molar-refractivity contribution >= 4 is 29.5 Å². The Morgan fingerprint density at radius 2 is 2.00 bits per heavy atom. The van der Waals surface area contributed by atoms with E-state index in [1.54, 1.807) is 15.3 Å². The Hall–Kier alpha value is -2.98. The van der Waals surface area contributed by atoms with Gasteiger partial charge >= 0.3 is 5.69 Å². The van der Waals surface area contributed by atoms with E-state index >= 15 is 0 Å². The normalized spacial score (nSPS) is 19.4. The van der Waals surface area contributed by atoms with Crippen molar-refractivity contribution < 1.29 is 4.74 Å². The Morgan fingerprint density at radius 3 is 2.76 bits per heavy atom. The maximum absolute atomic E-state index is 13.0. The van der Waals surface area contributed by atoms with Crippen LogP contribution >= 0.6 is 24.0 Å². The zero-order valence-corrected chi connectivity index (χ0v) is 22.8. The van der Waals surface area contributed by atoms with Crippen molar-refractivity contribution in [3.63, 3.8) is 0 Å². The summed E-state index contributed by atoms with van der Waals surface area (Å²) < 4.78 is 10.9. The van der Waals surface area contributed by atoms with Crippen molar-refractivity contribution in [1.29, 1.82) is 0 Å². The molecule has 0 bridgehead atoms. The van der Waals surface area contributed by atoms with E-state index in [0.717, 1.165) is 65.8 Å². The van der Waals surface area contributed by atoms with Gasteiger partial charge in [0.1, 0.15) is 6.33 Å². The number of hydrogen-bond acceptors (Lipinski definition) is 6. The number of nitrogens with zero attached hydrogens (tertiary/aromatic N) is 5. The predicted octanol–water partition coefficient (Wildman–Crippen LogP) is 3.41. The van der Waals surface area contributed by atoms with Crippen LogP contribution in [0.25, 0.3) is 16.8 Å². The number of halogens is 2. The molecule has 0 amide bonds. The predicted molar refractivity (Wildman–Crippen MR) is 149 cm³/mol. The molecule has 0 spiro atoms. The lowest BCUT2D eigenvalue weighted by molar-refractivity contribution is -0.0262. The first-order chi connectivity index (χ1) is 17.9. The molecule has 1 saturated carbocycles. The molecule has 1 unspecified atom stereocenters. The summed E-state index contributed by atoms with van der Waals surface area (Å²) in [5.41, 5.74) is 4.86. The number of ether oxygens (including phenoxy) is 1. The standard InChI is InChI=1S/C27H29ClN6O3.ClH/c1-16-7-19(28)9-23(22(16)10-21-12-29-11-17(2)37-21)26-24-8-18(14-34(24)31-15-30-26)13-33-25(35)5-6-32(27(33)36)20-3-4-20;/h5-9,14-15,17,20-21,29H,3-4,10-13H2,1-2H3;1H/t17-,21?;/m0./s1. The van der Waals surface area contributed by atoms with E-state index in [-0.39, 0.29) is 48.5 Å². The highest BCUT2D eigenvalue weighted by Gasteiger charge is 2.26. The molecule has 0 radical (unpaired) electrons. The Bertz CT molecular complexity index is 1610. The largest absolute Gasteiger partial charge is 0.372 e. The molecule has 1 aliphatic heterocycles. The van der Waals surface area contributed by atoms with Crippen LogP contribution in [0.2, 0.25) is 5.02 Å². The number of aromatic nitrogens is 5. The summed E-state index contributed by atoms with van der Waals surface area (Å²) in [6.45, 7) is 5.92. The number of hydrogen-bond donors (Lipinski definition) is 1. The number of aryl methyl sites for hydroxylation is 1. The molecular weight excluding hydrogens is 527 g/mol. The monoisotopic (exact) mass is 556 g/mol. The van der Waals surface area contributed by atoms with Gasteiger partial charge in [0, 0.05) is 54.6 Å². The SMILES string of the molecule is Cc1cc(Cl)cc(-c2ncnn3cc(Cn4c(=O)ccn(C5CC5)c4=O)cc23)c1CC1CNC[C@H](C)O1.Cl. The summed E-state index contributed by atoms with van der Waals surface area (Å²) in [5, 5.41) is 8.47. The molecule has 4 heterocycles. The molecule has 9 nitrogen and oxygen atoms in total. The van der Waals surface area contributed by atoms with Crippen LogP contribution in [0.5, 0.6) is 0 Å². The third-order valence-corrected chi connectivity index (χ3v) is 7.41. The van der Waals surface area contributed by atoms with E-state index in [2.05, 4.69) is 29.2 Å². The zero-order chi connectivity index (χ0) is 25.7. The molecule has 11 heteroatoms. The second-order valence-electron chi connectivity index (χ2n) is 10.1. The highest BCUT2D eigenvalue weighted by molar-refractivity contribution is 6.31. The summed E-state index contributed by atoms with van der Waals surface area (Å²) >= 11 is 6.51. The van der Waals surface area contributed by atoms with E-state index < -0.39 is 0 Å². The summed E-state index contributed by atoms with van der Waals surface area (Å²) in [6.07, 6.45) is 7.81. The van der Waals surface area contributed by atoms with E-state index in [1.807, 2.05) is 24.4 Å². The van der Waals surface area contributed by atoms with Gasteiger partial charge in [0.15, 0.2) is 0 Å². The van der Waals surface area contributed by atoms with Gasteiger partial charge in [-0.25, -0.2) is 14.3 Å². The first kappa shape index (κ1) is 26.6. The molecule has 4 aromatic rings. The van der Waals surface area contributed by atoms with Gasteiger partial charge in [-0.2, -0.15) is 5.10 Å². The van der Waals surface area contributed by atoms with Crippen LogP contribution in [0.15, 0.2) is 52.6 Å². The van der Waals surface area contributed by atoms with Gasteiger partial charge in [-0.3, -0.25) is 13.9 Å². The number of fused-ring (bicyclic) bond motifs is 1. The number of benzene rings is 1. The Kier molecular flexibility index (Phi) is 7.46. The summed E-state index contributed by atoms with van der Waals surface area (Å²) in [4.78, 5) is 30.2. The van der Waals surface area contributed by atoms with Crippen molar-refractivity contribution in [3.8, 4) is 11.3 Å². The third-order valence-electron chi connectivity index (χ3n) is 7.19. The quantitative estimate of drug-likeness (QED) is 0.391. The van der Waals surface area contributed by atoms with Crippen molar-refractivity contribution in [2.75, 3.05) is 13.1 Å². The fourth-order valence-corrected chi connectivity index (χ4v) is 5.52. The molecule has 1 aromatic carbocycles. The van der Waals surface area contributed by atoms with Gasteiger partial charge in [-0.15, -0.1) is 12.4 Å². The number of nitrogens with one attached hydrogen (secondary N) is 1. The lowest BCUT2D eigenvalue weighted by Crippen LogP contribution is -2.44. The maximum Gasteiger partial charge on any atom is 0.331 e. The van der Waals surface area contributed by atoms with Crippen LogP contribution in [-0.2, 0) is 17.7 Å². The molecule has 1 saturated heterocycles. The van der Waals surface area contributed by atoms with Gasteiger partial charge in [0.25, 0.3) is 5.56 Å². The van der Waals surface area contributed by atoms with Crippen LogP contribution in [0, 0.1) is 6.92 Å². The smallest absolute Gasteiger partial charge is 0.331 e. The molecular formula is C27H30Cl2N6O3. The Labute approximate surface area is 230 Å². The number of rotatable bonds is 6. The fraction of sp³-hybridized carbons (Fsp3) is 0.407. The van der Waals surface area contributed by atoms with Crippen molar-refractivity contribution in [2.24, 2.45) is 0 Å². The van der Waals surface area contributed by atoms with Crippen LogP contribution in [0.1, 0.15) is 42.5 Å². The molecule has 2 aliphatic rings. The molecule has 1 N–H and O–H groups in total. The minimum atomic E-state index is -0.313. The summed E-state index contributed by atoms with van der Waals surface area (Å²) in [7, 11) is 0. The van der Waals surface area contributed by atoms with Gasteiger partial charge in [-0.1, -0.05) is 11.6 Å². The Morgan fingerprint density at radius 1 is 1.18 bits per heavy atom. The summed E-state index contributed by atoms with van der Waals surface area (Å²) in [6, 6.07) is 7.51. The van der Waals surface area contributed by atoms with E-state index in [4.69, 9.17) is 16.3 Å². The number of morpholine rings is 1. The molecule has 6 rings (SSSR count). The van der Waals surface area contributed by atoms with E-state index in [0.29, 0.717) is 5.02 Å². The van der Waals surface area contributed by atoms with Gasteiger partial charge in [-0.05, 0) is 61.6 Å². The highest BCUT2D eigenvalue weighted by Crippen LogP contribution is 2.34. The second-order valence-corrected chi connectivity index (χ2v) is 10.6. The minimum Gasteiger partial charge on any atom is -0.372 e. The molecule has 2 fully saturated rings. The van der Waals surface area contributed by atoms with Crippen LogP contribution in [0.4, 0.5) is 0 Å². The topological polar surface area (TPSA) is 95.5 Å². The minimum absolute atomic E-state index is 0. The average molecular weight is 557 g/mol. The van der Waals surface area contributed by atoms with Gasteiger partial charge < -0.3 is 10.1 Å². The first-order valence-electron chi connectivity index (χ1n) is 12.7. The maximum atomic E-state index is 13.0. The van der Waals surface area contributed by atoms with Crippen molar-refractivity contribution in [2.45, 2.75) is 57.9 Å². The molecule has 1 aliphatic carbocycles. The molecule has 200 valence electrons. The summed E-state index contributed by atoms with van der Waals surface area (Å²) in [5.74, 6) is 0. The fourth-order valence-electron chi connectivity index (χ4n) is 5.24. The van der Waals surface area contributed by atoms with Crippen LogP contribution in [0.3, 0.4) is 0 Å². The van der Waals surface area contributed by atoms with Crippen LogP contribution in [-0.4, -0.2) is 49.0 Å².